The van der Waals surface area contributed by atoms with E-state index in [1.54, 1.807) is 6.92 Å². The molecule has 2 aromatic rings. The van der Waals surface area contributed by atoms with Crippen molar-refractivity contribution in [1.82, 2.24) is 0 Å². The minimum atomic E-state index is -0.570. The molecular weight excluding hydrogens is 346 g/mol. The van der Waals surface area contributed by atoms with Gasteiger partial charge in [0.15, 0.2) is 0 Å². The van der Waals surface area contributed by atoms with Gasteiger partial charge < -0.3 is 9.84 Å². The Hall–Kier alpha value is -2.79. The van der Waals surface area contributed by atoms with Gasteiger partial charge in [-0.2, -0.15) is 0 Å². The summed E-state index contributed by atoms with van der Waals surface area (Å²) in [7, 11) is 0. The van der Waals surface area contributed by atoms with Gasteiger partial charge in [-0.3, -0.25) is 0 Å². The Balaban J connectivity index is 2.02. The van der Waals surface area contributed by atoms with E-state index in [1.807, 2.05) is 67.6 Å². The molecule has 0 aromatic heterocycles. The topological polar surface area (TPSA) is 58.9 Å². The van der Waals surface area contributed by atoms with Crippen molar-refractivity contribution in [3.05, 3.63) is 82.0 Å². The van der Waals surface area contributed by atoms with Crippen molar-refractivity contribution in [2.24, 2.45) is 4.99 Å². The first-order valence-corrected chi connectivity index (χ1v) is 9.11. The summed E-state index contributed by atoms with van der Waals surface area (Å²) in [4.78, 5) is 17.5. The van der Waals surface area contributed by atoms with Crippen molar-refractivity contribution < 1.29 is 14.6 Å². The minimum Gasteiger partial charge on any atom is -0.506 e. The zero-order valence-electron chi connectivity index (χ0n) is 14.6. The molecule has 1 heterocycles. The quantitative estimate of drug-likeness (QED) is 0.758. The summed E-state index contributed by atoms with van der Waals surface area (Å²) in [6.45, 7) is 3.96. The van der Waals surface area contributed by atoms with Crippen molar-refractivity contribution in [3.63, 3.8) is 0 Å². The minimum absolute atomic E-state index is 0.0943. The third-order valence-electron chi connectivity index (χ3n) is 3.73. The van der Waals surface area contributed by atoms with Crippen LogP contribution in [0.5, 0.6) is 0 Å². The van der Waals surface area contributed by atoms with Gasteiger partial charge in [0, 0.05) is 0 Å². The van der Waals surface area contributed by atoms with Crippen LogP contribution in [-0.4, -0.2) is 22.7 Å². The monoisotopic (exact) mass is 365 g/mol. The number of ether oxygens (including phenoxy) is 1. The number of aryl methyl sites for hydroxylation is 1. The van der Waals surface area contributed by atoms with E-state index in [1.165, 1.54) is 11.8 Å². The number of nitrogens with zero attached hydrogens (tertiary/aromatic N) is 1. The molecule has 4 nitrogen and oxygen atoms in total. The molecule has 1 aliphatic heterocycles. The standard InChI is InChI=1S/C21H19NO3S/c1-3-25-21(24)18-19(23)17(13-15-7-5-4-6-8-15)26-20(18)22-16-11-9-14(2)10-12-16/h4-13,23H,3H2,1-2H3/b17-13+,22-20?. The number of carbonyl (C=O) groups excluding carboxylic acids is 1. The van der Waals surface area contributed by atoms with Crippen molar-refractivity contribution in [1.29, 1.82) is 0 Å². The van der Waals surface area contributed by atoms with E-state index in [0.717, 1.165) is 11.1 Å². The number of aliphatic imine (C=N–C) groups is 1. The van der Waals surface area contributed by atoms with E-state index in [-0.39, 0.29) is 17.9 Å². The van der Waals surface area contributed by atoms with Gasteiger partial charge in [0.25, 0.3) is 0 Å². The van der Waals surface area contributed by atoms with Gasteiger partial charge in [-0.1, -0.05) is 59.8 Å². The first-order chi connectivity index (χ1) is 12.6. The van der Waals surface area contributed by atoms with Crippen molar-refractivity contribution >= 4 is 34.5 Å². The second-order valence-electron chi connectivity index (χ2n) is 5.72. The van der Waals surface area contributed by atoms with E-state index in [4.69, 9.17) is 4.74 Å². The maximum Gasteiger partial charge on any atom is 0.344 e. The van der Waals surface area contributed by atoms with Crippen LogP contribution in [0, 0.1) is 6.92 Å². The highest BCUT2D eigenvalue weighted by atomic mass is 32.2. The molecule has 0 radical (unpaired) electrons. The summed E-state index contributed by atoms with van der Waals surface area (Å²) in [5.74, 6) is -0.664. The SMILES string of the molecule is CCOC(=O)C1=C(O)/C(=C\c2ccccc2)SC1=Nc1ccc(C)cc1. The average molecular weight is 365 g/mol. The van der Waals surface area contributed by atoms with Crippen LogP contribution >= 0.6 is 11.8 Å². The molecule has 132 valence electrons. The molecule has 0 spiro atoms. The zero-order chi connectivity index (χ0) is 18.5. The Bertz CT molecular complexity index is 897. The predicted molar refractivity (Wildman–Crippen MR) is 107 cm³/mol. The van der Waals surface area contributed by atoms with E-state index in [2.05, 4.69) is 4.99 Å². The van der Waals surface area contributed by atoms with Crippen LogP contribution in [0.1, 0.15) is 18.1 Å². The Morgan fingerprint density at radius 3 is 2.50 bits per heavy atom. The number of esters is 1. The third kappa shape index (κ3) is 4.06. The molecule has 0 aliphatic carbocycles. The molecule has 3 rings (SSSR count). The fourth-order valence-corrected chi connectivity index (χ4v) is 3.46. The van der Waals surface area contributed by atoms with Gasteiger partial charge in [-0.25, -0.2) is 9.79 Å². The Morgan fingerprint density at radius 2 is 1.85 bits per heavy atom. The molecule has 5 heteroatoms. The van der Waals surface area contributed by atoms with Crippen LogP contribution in [0.25, 0.3) is 6.08 Å². The van der Waals surface area contributed by atoms with Crippen LogP contribution < -0.4 is 0 Å². The molecule has 1 N–H and O–H groups in total. The summed E-state index contributed by atoms with van der Waals surface area (Å²) in [5, 5.41) is 11.0. The van der Waals surface area contributed by atoms with Gasteiger partial charge in [0.2, 0.25) is 0 Å². The predicted octanol–water partition coefficient (Wildman–Crippen LogP) is 5.19. The summed E-state index contributed by atoms with van der Waals surface area (Å²) in [6, 6.07) is 17.3. The average Bonchev–Trinajstić information content (AvgIpc) is 2.93. The molecule has 0 saturated heterocycles. The maximum absolute atomic E-state index is 12.3. The first kappa shape index (κ1) is 18.0. The van der Waals surface area contributed by atoms with Gasteiger partial charge >= 0.3 is 5.97 Å². The zero-order valence-corrected chi connectivity index (χ0v) is 15.4. The fourth-order valence-electron chi connectivity index (χ4n) is 2.43. The van der Waals surface area contributed by atoms with E-state index in [9.17, 15) is 9.90 Å². The molecular formula is C21H19NO3S. The summed E-state index contributed by atoms with van der Waals surface area (Å²) in [5.41, 5.74) is 2.89. The van der Waals surface area contributed by atoms with Crippen LogP contribution in [0.4, 0.5) is 5.69 Å². The van der Waals surface area contributed by atoms with E-state index in [0.29, 0.717) is 15.6 Å². The third-order valence-corrected chi connectivity index (χ3v) is 4.75. The van der Waals surface area contributed by atoms with Crippen LogP contribution in [0.15, 0.2) is 75.8 Å². The molecule has 1 aliphatic rings. The largest absolute Gasteiger partial charge is 0.506 e. The molecule has 0 bridgehead atoms. The first-order valence-electron chi connectivity index (χ1n) is 8.29. The molecule has 26 heavy (non-hydrogen) atoms. The van der Waals surface area contributed by atoms with Crippen molar-refractivity contribution in [3.8, 4) is 0 Å². The van der Waals surface area contributed by atoms with Crippen molar-refractivity contribution in [2.75, 3.05) is 6.61 Å². The highest BCUT2D eigenvalue weighted by Gasteiger charge is 2.33. The molecule has 0 amide bonds. The number of aliphatic hydroxyl groups excluding tert-OH is 1. The molecule has 0 fully saturated rings. The highest BCUT2D eigenvalue weighted by molar-refractivity contribution is 8.18. The second kappa shape index (κ2) is 8.06. The Labute approximate surface area is 156 Å². The number of benzene rings is 2. The van der Waals surface area contributed by atoms with Crippen LogP contribution in [0.2, 0.25) is 0 Å². The van der Waals surface area contributed by atoms with Gasteiger partial charge in [-0.05, 0) is 37.6 Å². The number of hydrogen-bond donors (Lipinski definition) is 1. The van der Waals surface area contributed by atoms with E-state index < -0.39 is 5.97 Å². The van der Waals surface area contributed by atoms with Gasteiger partial charge in [-0.15, -0.1) is 0 Å². The summed E-state index contributed by atoms with van der Waals surface area (Å²) < 4.78 is 5.10. The second-order valence-corrected chi connectivity index (χ2v) is 6.75. The number of aliphatic hydroxyl groups is 1. The lowest BCUT2D eigenvalue weighted by Gasteiger charge is -2.04. The smallest absolute Gasteiger partial charge is 0.344 e. The molecule has 0 atom stereocenters. The lowest BCUT2D eigenvalue weighted by molar-refractivity contribution is -0.138. The van der Waals surface area contributed by atoms with E-state index >= 15 is 0 Å². The number of hydrogen-bond acceptors (Lipinski definition) is 5. The Kier molecular flexibility index (Phi) is 5.58. The summed E-state index contributed by atoms with van der Waals surface area (Å²) >= 11 is 1.26. The normalized spacial score (nSPS) is 17.2. The van der Waals surface area contributed by atoms with Crippen LogP contribution in [0.3, 0.4) is 0 Å². The number of carbonyl (C=O) groups is 1. The highest BCUT2D eigenvalue weighted by Crippen LogP contribution is 2.40. The van der Waals surface area contributed by atoms with Crippen LogP contribution in [-0.2, 0) is 9.53 Å². The van der Waals surface area contributed by atoms with Gasteiger partial charge in [0.1, 0.15) is 16.4 Å². The Morgan fingerprint density at radius 1 is 1.15 bits per heavy atom. The number of rotatable bonds is 4. The van der Waals surface area contributed by atoms with Gasteiger partial charge in [0.05, 0.1) is 17.2 Å². The fraction of sp³-hybridized carbons (Fsp3) is 0.143. The van der Waals surface area contributed by atoms with Crippen molar-refractivity contribution in [2.45, 2.75) is 13.8 Å². The molecule has 0 unspecified atom stereocenters. The molecule has 2 aromatic carbocycles. The lowest BCUT2D eigenvalue weighted by Crippen LogP contribution is -2.12. The lowest BCUT2D eigenvalue weighted by atomic mass is 10.1. The summed E-state index contributed by atoms with van der Waals surface area (Å²) in [6.07, 6.45) is 1.83. The number of thioether (sulfide) groups is 1. The maximum atomic E-state index is 12.3. The molecule has 0 saturated carbocycles.